The average Bonchev–Trinajstić information content (AvgIpc) is 2.02. The van der Waals surface area contributed by atoms with Gasteiger partial charge in [0.2, 0.25) is 5.91 Å². The molecule has 85 heavy (non-hydrogen) atoms. The molecule has 4 rings (SSSR count). The van der Waals surface area contributed by atoms with E-state index in [4.69, 9.17) is 33.1 Å². The Hall–Kier alpha value is -2.31. The van der Waals surface area contributed by atoms with E-state index < -0.39 is 9.62 Å². The van der Waals surface area contributed by atoms with E-state index in [9.17, 15) is 0 Å². The summed E-state index contributed by atoms with van der Waals surface area (Å²) in [4.78, 5) is 15.9. The molecule has 4 nitrogen and oxygen atoms in total. The lowest BCUT2D eigenvalue weighted by atomic mass is 9.75. The lowest BCUT2D eigenvalue weighted by molar-refractivity contribution is -0.127. The van der Waals surface area contributed by atoms with Gasteiger partial charge in [-0.25, -0.2) is 0 Å². The number of aryl methyl sites for hydroxylation is 2. The predicted octanol–water partition coefficient (Wildman–Crippen LogP) is 25.5. The smallest absolute Gasteiger partial charge is 0.226 e. The lowest BCUT2D eigenvalue weighted by Gasteiger charge is -2.43. The summed E-state index contributed by atoms with van der Waals surface area (Å²) in [5.41, 5.74) is 5.48. The molecule has 0 aliphatic heterocycles. The molecule has 3 atom stereocenters. The van der Waals surface area contributed by atoms with E-state index in [-0.39, 0.29) is 11.8 Å². The van der Waals surface area contributed by atoms with Crippen LogP contribution in [0.15, 0.2) is 109 Å². The molecule has 0 fully saturated rings. The molecule has 4 aromatic rings. The summed E-state index contributed by atoms with van der Waals surface area (Å²) in [6.07, 6.45) is 50.4. The summed E-state index contributed by atoms with van der Waals surface area (Å²) in [6.45, 7) is 10.2. The summed E-state index contributed by atoms with van der Waals surface area (Å²) in [6, 6.07) is 39.0. The van der Waals surface area contributed by atoms with Crippen LogP contribution >= 0.6 is 35.9 Å². The van der Waals surface area contributed by atoms with E-state index in [1.165, 1.54) is 215 Å². The zero-order valence-corrected chi connectivity index (χ0v) is 58.9. The SMILES string of the molecule is CCCCCCCCCCC(NC(=O)C(CCCCCCC)C(CCCCCCCCCC)(SP=S)c1ccccc1CCCCCCCCCCOc1ccccc1)(SP=S)c1ccccc1CCCCCCCCCCOc1ccccc1. The van der Waals surface area contributed by atoms with Crippen LogP contribution in [0, 0.1) is 5.92 Å². The highest BCUT2D eigenvalue weighted by molar-refractivity contribution is 8.58. The van der Waals surface area contributed by atoms with Gasteiger partial charge in [0.15, 0.2) is 0 Å². The Labute approximate surface area is 543 Å². The molecular weight excluding hydrogens is 1150 g/mol. The number of para-hydroxylation sites is 2. The predicted molar refractivity (Wildman–Crippen MR) is 385 cm³/mol. The topological polar surface area (TPSA) is 47.6 Å². The van der Waals surface area contributed by atoms with Gasteiger partial charge in [0.05, 0.1) is 23.9 Å². The molecule has 4 aromatic carbocycles. The van der Waals surface area contributed by atoms with Crippen molar-refractivity contribution in [3.8, 4) is 11.5 Å². The second-order valence-electron chi connectivity index (χ2n) is 24.5. The van der Waals surface area contributed by atoms with Gasteiger partial charge in [-0.1, -0.05) is 334 Å². The Balaban J connectivity index is 1.60. The maximum absolute atomic E-state index is 16.5. The van der Waals surface area contributed by atoms with Gasteiger partial charge in [-0.2, -0.15) is 0 Å². The lowest BCUT2D eigenvalue weighted by Crippen LogP contribution is -2.50. The first kappa shape index (κ1) is 75.2. The van der Waals surface area contributed by atoms with Gasteiger partial charge < -0.3 is 14.8 Å². The standard InChI is InChI=1S/C75H117NO3P2S4/c1-4-7-10-13-15-23-30-47-62-74(84-80-82,70-59-45-43-53-66(70)51-36-28-21-17-19-25-32-49-64-78-68-55-38-34-39-56-68)72(61-42-27-12-9-6-3)73(77)76-75(85-81-83,63-48-31-24-16-14-11-8-5-2)71-60-46-44-54-67(71)52-37-29-22-18-20-26-33-50-65-79-69-57-40-35-41-58-69/h34-35,38-41,43-46,53-60,72H,4-33,36-37,42,47-52,61-65H2,1-3H3,(H,76,77). The molecule has 3 unspecified atom stereocenters. The zero-order chi connectivity index (χ0) is 60.4. The number of carbonyl (C=O) groups excluding carboxylic acids is 1. The van der Waals surface area contributed by atoms with Crippen molar-refractivity contribution in [2.24, 2.45) is 5.92 Å². The molecule has 0 aliphatic rings. The number of hydrogen-bond donors (Lipinski definition) is 1. The average molecular weight is 1270 g/mol. The molecule has 10 heteroatoms. The normalized spacial score (nSPS) is 13.4. The van der Waals surface area contributed by atoms with Crippen molar-refractivity contribution in [1.29, 1.82) is 0 Å². The minimum absolute atomic E-state index is 0.217. The van der Waals surface area contributed by atoms with Crippen molar-refractivity contribution in [1.82, 2.24) is 5.32 Å². The molecule has 0 saturated heterocycles. The molecule has 1 amide bonds. The van der Waals surface area contributed by atoms with Crippen LogP contribution in [0.3, 0.4) is 0 Å². The number of rotatable bonds is 57. The fourth-order valence-electron chi connectivity index (χ4n) is 12.7. The first-order chi connectivity index (χ1) is 42.0. The van der Waals surface area contributed by atoms with Gasteiger partial charge in [-0.3, -0.25) is 4.79 Å². The van der Waals surface area contributed by atoms with Crippen molar-refractivity contribution < 1.29 is 14.3 Å². The quantitative estimate of drug-likeness (QED) is 0.0268. The van der Waals surface area contributed by atoms with Crippen LogP contribution in [-0.2, 0) is 50.9 Å². The monoisotopic (exact) mass is 1270 g/mol. The van der Waals surface area contributed by atoms with Crippen molar-refractivity contribution in [2.45, 2.75) is 300 Å². The Bertz CT molecular complexity index is 2260. The Morgan fingerprint density at radius 1 is 0.412 bits per heavy atom. The summed E-state index contributed by atoms with van der Waals surface area (Å²) in [5, 5.41) is 4.07. The van der Waals surface area contributed by atoms with Gasteiger partial charge >= 0.3 is 0 Å². The largest absolute Gasteiger partial charge is 0.494 e. The summed E-state index contributed by atoms with van der Waals surface area (Å²) < 4.78 is 11.5. The van der Waals surface area contributed by atoms with Gasteiger partial charge in [0.25, 0.3) is 0 Å². The first-order valence-electron chi connectivity index (χ1n) is 34.8. The summed E-state index contributed by atoms with van der Waals surface area (Å²) in [5.74, 6) is 1.93. The van der Waals surface area contributed by atoms with Crippen LogP contribution in [0.1, 0.15) is 300 Å². The molecule has 474 valence electrons. The first-order valence-corrected chi connectivity index (χ1v) is 41.5. The van der Waals surface area contributed by atoms with Crippen LogP contribution in [0.5, 0.6) is 11.5 Å². The highest BCUT2D eigenvalue weighted by Crippen LogP contribution is 2.56. The second kappa shape index (κ2) is 50.4. The fraction of sp³-hybridized carbons (Fsp3) is 0.667. The molecular formula is C75H117NO3P2S4. The van der Waals surface area contributed by atoms with Gasteiger partial charge in [-0.15, -0.1) is 0 Å². The number of amides is 1. The molecule has 0 aromatic heterocycles. The van der Waals surface area contributed by atoms with Crippen LogP contribution in [0.2, 0.25) is 0 Å². The Morgan fingerprint density at radius 2 is 0.765 bits per heavy atom. The third kappa shape index (κ3) is 31.8. The van der Waals surface area contributed by atoms with E-state index >= 15 is 4.79 Å². The molecule has 0 saturated carbocycles. The van der Waals surface area contributed by atoms with E-state index in [2.05, 4.69) is 74.6 Å². The number of hydrogen-bond acceptors (Lipinski definition) is 7. The van der Waals surface area contributed by atoms with Gasteiger partial charge in [0, 0.05) is 13.1 Å². The number of unbranched alkanes of at least 4 members (excludes halogenated alkanes) is 32. The third-order valence-corrected chi connectivity index (χ3v) is 23.3. The maximum atomic E-state index is 16.5. The van der Waals surface area contributed by atoms with Gasteiger partial charge in [0.1, 0.15) is 16.4 Å². The number of carbonyl (C=O) groups is 1. The van der Waals surface area contributed by atoms with Crippen LogP contribution in [0.4, 0.5) is 0 Å². The Kier molecular flexibility index (Phi) is 44.6. The molecule has 1 N–H and O–H groups in total. The molecule has 0 aliphatic carbocycles. The molecule has 0 bridgehead atoms. The zero-order valence-electron chi connectivity index (χ0n) is 53.8. The van der Waals surface area contributed by atoms with Gasteiger partial charge in [-0.05, 0) is 134 Å². The van der Waals surface area contributed by atoms with Crippen molar-refractivity contribution in [3.05, 3.63) is 131 Å². The van der Waals surface area contributed by atoms with E-state index in [1.54, 1.807) is 11.4 Å². The van der Waals surface area contributed by atoms with E-state index in [0.29, 0.717) is 0 Å². The van der Waals surface area contributed by atoms with Crippen LogP contribution in [-0.4, -0.2) is 19.1 Å². The Morgan fingerprint density at radius 3 is 1.21 bits per heavy atom. The summed E-state index contributed by atoms with van der Waals surface area (Å²) >= 11 is 15.8. The minimum atomic E-state index is -0.625. The number of nitrogens with one attached hydrogen (secondary N) is 1. The highest BCUT2D eigenvalue weighted by atomic mass is 32.9. The van der Waals surface area contributed by atoms with Crippen LogP contribution < -0.4 is 14.8 Å². The van der Waals surface area contributed by atoms with Crippen molar-refractivity contribution in [2.75, 3.05) is 13.2 Å². The summed E-state index contributed by atoms with van der Waals surface area (Å²) in [7, 11) is 0. The maximum Gasteiger partial charge on any atom is 0.226 e. The fourth-order valence-corrected chi connectivity index (χ4v) is 19.3. The highest BCUT2D eigenvalue weighted by Gasteiger charge is 2.48. The van der Waals surface area contributed by atoms with Crippen LogP contribution in [0.25, 0.3) is 0 Å². The molecule has 0 heterocycles. The van der Waals surface area contributed by atoms with E-state index in [1.807, 2.05) is 72.0 Å². The van der Waals surface area contributed by atoms with Crippen molar-refractivity contribution in [3.63, 3.8) is 0 Å². The number of ether oxygens (including phenoxy) is 2. The van der Waals surface area contributed by atoms with Crippen molar-refractivity contribution >= 4 is 65.4 Å². The minimum Gasteiger partial charge on any atom is -0.494 e. The number of benzene rings is 4. The van der Waals surface area contributed by atoms with E-state index in [0.717, 1.165) is 115 Å². The second-order valence-corrected chi connectivity index (χ2v) is 31.3. The molecule has 0 radical (unpaired) electrons. The third-order valence-electron chi connectivity index (χ3n) is 17.6. The molecule has 0 spiro atoms.